The number of ether oxygens (including phenoxy) is 1. The monoisotopic (exact) mass is 543 g/mol. The van der Waals surface area contributed by atoms with E-state index in [1.165, 1.54) is 22.4 Å². The fourth-order valence-electron chi connectivity index (χ4n) is 4.03. The summed E-state index contributed by atoms with van der Waals surface area (Å²) in [5, 5.41) is 9.85. The molecule has 16 heteroatoms. The Morgan fingerprint density at radius 2 is 1.95 bits per heavy atom. The quantitative estimate of drug-likeness (QED) is 0.389. The Kier molecular flexibility index (Phi) is 8.62. The second-order valence-corrected chi connectivity index (χ2v) is 8.50. The molecule has 3 heterocycles. The molecule has 1 atom stereocenters. The number of aromatic nitrogens is 1. The van der Waals surface area contributed by atoms with E-state index < -0.39 is 36.2 Å². The van der Waals surface area contributed by atoms with Crippen LogP contribution in [0, 0.1) is 11.6 Å². The van der Waals surface area contributed by atoms with E-state index in [1.807, 2.05) is 5.32 Å². The van der Waals surface area contributed by atoms with Crippen LogP contribution >= 0.6 is 0 Å². The van der Waals surface area contributed by atoms with Gasteiger partial charge < -0.3 is 24.8 Å². The maximum Gasteiger partial charge on any atom is 0.414 e. The van der Waals surface area contributed by atoms with Crippen LogP contribution in [0.1, 0.15) is 5.56 Å². The van der Waals surface area contributed by atoms with E-state index in [0.717, 1.165) is 22.6 Å². The van der Waals surface area contributed by atoms with Crippen molar-refractivity contribution in [2.75, 3.05) is 55.6 Å². The van der Waals surface area contributed by atoms with Gasteiger partial charge in [-0.15, -0.1) is 0 Å². The first-order chi connectivity index (χ1) is 18.2. The number of hydrogen-bond acceptors (Lipinski definition) is 9. The van der Waals surface area contributed by atoms with Crippen molar-refractivity contribution in [2.45, 2.75) is 19.1 Å². The van der Waals surface area contributed by atoms with Crippen LogP contribution in [0.2, 0.25) is 0 Å². The molecule has 38 heavy (non-hydrogen) atoms. The van der Waals surface area contributed by atoms with Gasteiger partial charge in [-0.25, -0.2) is 19.0 Å². The van der Waals surface area contributed by atoms with Gasteiger partial charge in [0.1, 0.15) is 18.1 Å². The van der Waals surface area contributed by atoms with Gasteiger partial charge in [-0.2, -0.15) is 8.78 Å². The van der Waals surface area contributed by atoms with Crippen molar-refractivity contribution in [3.63, 3.8) is 0 Å². The highest BCUT2D eigenvalue weighted by Gasteiger charge is 2.34. The Hall–Kier alpha value is -3.92. The number of alkyl halides is 2. The summed E-state index contributed by atoms with van der Waals surface area (Å²) in [6.07, 6.45) is -2.15. The molecule has 0 saturated carbocycles. The largest absolute Gasteiger partial charge is 0.442 e. The number of hydrogen-bond donors (Lipinski definition) is 3. The molecule has 2 saturated heterocycles. The van der Waals surface area contributed by atoms with E-state index in [2.05, 4.69) is 15.9 Å². The molecule has 0 unspecified atom stereocenters. The van der Waals surface area contributed by atoms with E-state index in [1.54, 1.807) is 0 Å². The molecule has 1 aromatic heterocycles. The highest BCUT2D eigenvalue weighted by atomic mass is 19.3. The van der Waals surface area contributed by atoms with Crippen molar-refractivity contribution in [3.05, 3.63) is 41.8 Å². The van der Waals surface area contributed by atoms with Crippen LogP contribution in [0.3, 0.4) is 0 Å². The van der Waals surface area contributed by atoms with Gasteiger partial charge in [-0.1, -0.05) is 5.16 Å². The lowest BCUT2D eigenvalue weighted by Crippen LogP contribution is -2.47. The summed E-state index contributed by atoms with van der Waals surface area (Å²) in [6.45, 7) is 0.554. The lowest BCUT2D eigenvalue weighted by atomic mass is 10.2. The average Bonchev–Trinajstić information content (AvgIpc) is 3.45. The fourth-order valence-corrected chi connectivity index (χ4v) is 4.03. The third-order valence-electron chi connectivity index (χ3n) is 5.87. The Morgan fingerprint density at radius 1 is 1.18 bits per heavy atom. The second kappa shape index (κ2) is 12.1. The number of anilines is 2. The summed E-state index contributed by atoms with van der Waals surface area (Å²) in [5.74, 6) is -3.64. The Bertz CT molecular complexity index is 1130. The van der Waals surface area contributed by atoms with Crippen molar-refractivity contribution in [2.24, 2.45) is 0 Å². The molecule has 1 aromatic carbocycles. The molecule has 2 aromatic rings. The van der Waals surface area contributed by atoms with Gasteiger partial charge in [-0.3, -0.25) is 19.5 Å². The number of nitrogens with zero attached hydrogens (tertiary/aromatic N) is 4. The molecule has 3 N–H and O–H groups in total. The third-order valence-corrected chi connectivity index (χ3v) is 5.87. The minimum atomic E-state index is -3.22. The molecule has 12 nitrogen and oxygen atoms in total. The maximum absolute atomic E-state index is 15.1. The minimum Gasteiger partial charge on any atom is -0.442 e. The number of rotatable bonds is 9. The zero-order valence-corrected chi connectivity index (χ0v) is 20.0. The van der Waals surface area contributed by atoms with Crippen molar-refractivity contribution in [1.29, 1.82) is 0 Å². The van der Waals surface area contributed by atoms with Crippen LogP contribution in [0.15, 0.2) is 29.1 Å². The summed E-state index contributed by atoms with van der Waals surface area (Å²) in [5.41, 5.74) is 3.27. The zero-order valence-electron chi connectivity index (χ0n) is 20.0. The first-order valence-electron chi connectivity index (χ1n) is 11.6. The van der Waals surface area contributed by atoms with Crippen LogP contribution in [0.5, 0.6) is 0 Å². The lowest BCUT2D eigenvalue weighted by Gasteiger charge is -2.25. The number of cyclic esters (lactones) is 1. The van der Waals surface area contributed by atoms with Crippen molar-refractivity contribution < 1.29 is 41.2 Å². The Balaban J connectivity index is 1.34. The highest BCUT2D eigenvalue weighted by Crippen LogP contribution is 2.31. The second-order valence-electron chi connectivity index (χ2n) is 8.50. The SMILES string of the molecule is O=C(NC[C@H]1CN(c2cc(F)c(N3CCNN(C(=O)CNCc4cnoc4)CC3)c(F)c2)C(=O)O1)C(F)F. The molecule has 2 aliphatic heterocycles. The number of halogens is 4. The van der Waals surface area contributed by atoms with Crippen molar-refractivity contribution in [1.82, 2.24) is 26.2 Å². The number of amides is 3. The first-order valence-corrected chi connectivity index (χ1v) is 11.6. The molecular weight excluding hydrogens is 518 g/mol. The van der Waals surface area contributed by atoms with Gasteiger partial charge in [0.25, 0.3) is 11.8 Å². The number of nitrogens with one attached hydrogen (secondary N) is 3. The fraction of sp³-hybridized carbons (Fsp3) is 0.455. The van der Waals surface area contributed by atoms with E-state index in [9.17, 15) is 23.2 Å². The van der Waals surface area contributed by atoms with Crippen LogP contribution < -0.4 is 25.9 Å². The average molecular weight is 543 g/mol. The number of carbonyl (C=O) groups is 3. The van der Waals surface area contributed by atoms with Crippen LogP contribution in [-0.2, 0) is 20.9 Å². The molecule has 0 bridgehead atoms. The van der Waals surface area contributed by atoms with Gasteiger partial charge in [0.2, 0.25) is 0 Å². The van der Waals surface area contributed by atoms with Gasteiger partial charge in [0, 0.05) is 43.9 Å². The Morgan fingerprint density at radius 3 is 2.63 bits per heavy atom. The predicted octanol–water partition coefficient (Wildman–Crippen LogP) is 0.602. The summed E-state index contributed by atoms with van der Waals surface area (Å²) in [4.78, 5) is 38.1. The molecule has 206 valence electrons. The standard InChI is InChI=1S/C22H25F4N7O5/c23-16-5-14(32-11-15(38-22(32)36)9-28-21(35)20(25)26)6-17(24)19(16)31-2-1-29-33(4-3-31)18(34)10-27-7-13-8-30-37-12-13/h5-6,8,12,15,20,27,29H,1-4,7,9-11H2,(H,28,35)/t15-/m0/s1. The molecule has 0 aliphatic carbocycles. The van der Waals surface area contributed by atoms with E-state index >= 15 is 8.78 Å². The lowest BCUT2D eigenvalue weighted by molar-refractivity contribution is -0.133. The van der Waals surface area contributed by atoms with Crippen LogP contribution in [0.4, 0.5) is 33.7 Å². The topological polar surface area (TPSA) is 132 Å². The molecular formula is C22H25F4N7O5. The van der Waals surface area contributed by atoms with Crippen molar-refractivity contribution >= 4 is 29.3 Å². The van der Waals surface area contributed by atoms with Crippen LogP contribution in [-0.4, -0.2) is 86.4 Å². The molecule has 2 aliphatic rings. The van der Waals surface area contributed by atoms with Gasteiger partial charge in [0.05, 0.1) is 38.1 Å². The number of hydrazine groups is 1. The highest BCUT2D eigenvalue weighted by molar-refractivity contribution is 5.90. The molecule has 0 spiro atoms. The maximum atomic E-state index is 15.1. The van der Waals surface area contributed by atoms with Gasteiger partial charge >= 0.3 is 12.5 Å². The molecule has 0 radical (unpaired) electrons. The first kappa shape index (κ1) is 27.1. The molecule has 3 amide bonds. The summed E-state index contributed by atoms with van der Waals surface area (Å²) in [6, 6.07) is 1.94. The van der Waals surface area contributed by atoms with Gasteiger partial charge in [-0.05, 0) is 0 Å². The number of carbonyl (C=O) groups excluding carboxylic acids is 3. The van der Waals surface area contributed by atoms with E-state index in [-0.39, 0.29) is 63.1 Å². The third kappa shape index (κ3) is 6.49. The van der Waals surface area contributed by atoms with E-state index in [4.69, 9.17) is 9.26 Å². The summed E-state index contributed by atoms with van der Waals surface area (Å²) < 4.78 is 64.6. The van der Waals surface area contributed by atoms with Crippen LogP contribution in [0.25, 0.3) is 0 Å². The minimum absolute atomic E-state index is 0.0222. The van der Waals surface area contributed by atoms with E-state index in [0.29, 0.717) is 6.54 Å². The normalized spacial score (nSPS) is 18.1. The summed E-state index contributed by atoms with van der Waals surface area (Å²) >= 11 is 0. The molecule has 4 rings (SSSR count). The number of benzene rings is 1. The van der Waals surface area contributed by atoms with Crippen molar-refractivity contribution in [3.8, 4) is 0 Å². The van der Waals surface area contributed by atoms with Gasteiger partial charge in [0.15, 0.2) is 11.6 Å². The predicted molar refractivity (Wildman–Crippen MR) is 123 cm³/mol. The molecule has 2 fully saturated rings. The summed E-state index contributed by atoms with van der Waals surface area (Å²) in [7, 11) is 0. The Labute approximate surface area is 213 Å². The zero-order chi connectivity index (χ0) is 27.2. The smallest absolute Gasteiger partial charge is 0.414 e.